The number of hydrogen-bond acceptors (Lipinski definition) is 4. The number of hydrogen-bond donors (Lipinski definition) is 1. The van der Waals surface area contributed by atoms with Gasteiger partial charge < -0.3 is 9.94 Å². The largest absolute Gasteiger partial charge is 0.479 e. The average Bonchev–Trinajstić information content (AvgIpc) is 2.50. The normalized spacial score (nSPS) is 11.4. The van der Waals surface area contributed by atoms with Crippen LogP contribution >= 0.6 is 0 Å². The summed E-state index contributed by atoms with van der Waals surface area (Å²) in [5, 5.41) is 15.9. The van der Waals surface area contributed by atoms with E-state index in [0.29, 0.717) is 5.71 Å². The number of carbonyl (C=O) groups is 1. The van der Waals surface area contributed by atoms with Crippen molar-refractivity contribution in [2.45, 2.75) is 6.92 Å². The van der Waals surface area contributed by atoms with E-state index in [1.807, 2.05) is 0 Å². The van der Waals surface area contributed by atoms with Gasteiger partial charge in [-0.15, -0.1) is 0 Å². The highest BCUT2D eigenvalue weighted by Gasteiger charge is 2.03. The van der Waals surface area contributed by atoms with Crippen LogP contribution in [0.5, 0.6) is 0 Å². The maximum absolute atomic E-state index is 10.1. The Morgan fingerprint density at radius 1 is 1.79 bits per heavy atom. The highest BCUT2D eigenvalue weighted by atomic mass is 16.6. The molecule has 0 saturated heterocycles. The molecule has 0 aliphatic rings. The minimum Gasteiger partial charge on any atom is -0.479 e. The summed E-state index contributed by atoms with van der Waals surface area (Å²) in [5.41, 5.74) is 1.38. The SMILES string of the molecule is CC(=NOCC(=O)O)c1ccnn1C. The Bertz CT molecular complexity index is 356. The molecule has 0 bridgehead atoms. The molecule has 0 aliphatic heterocycles. The van der Waals surface area contributed by atoms with Crippen LogP contribution in [0.15, 0.2) is 17.4 Å². The summed E-state index contributed by atoms with van der Waals surface area (Å²) in [5.74, 6) is -1.05. The van der Waals surface area contributed by atoms with Crippen molar-refractivity contribution in [3.8, 4) is 0 Å². The van der Waals surface area contributed by atoms with Crippen LogP contribution in [-0.4, -0.2) is 33.2 Å². The minimum absolute atomic E-state index is 0.435. The molecule has 0 spiro atoms. The van der Waals surface area contributed by atoms with Crippen LogP contribution in [0.3, 0.4) is 0 Å². The van der Waals surface area contributed by atoms with Crippen LogP contribution in [0.4, 0.5) is 0 Å². The first kappa shape index (κ1) is 10.2. The molecule has 1 heterocycles. The van der Waals surface area contributed by atoms with Crippen LogP contribution in [0, 0.1) is 0 Å². The number of nitrogens with zero attached hydrogens (tertiary/aromatic N) is 3. The fourth-order valence-corrected chi connectivity index (χ4v) is 0.960. The van der Waals surface area contributed by atoms with Crippen molar-refractivity contribution >= 4 is 11.7 Å². The quantitative estimate of drug-likeness (QED) is 0.554. The molecule has 0 atom stereocenters. The van der Waals surface area contributed by atoms with E-state index in [1.165, 1.54) is 0 Å². The third kappa shape index (κ3) is 2.58. The molecule has 0 unspecified atom stereocenters. The van der Waals surface area contributed by atoms with Crippen molar-refractivity contribution in [3.63, 3.8) is 0 Å². The molecule has 0 aliphatic carbocycles. The first-order valence-electron chi connectivity index (χ1n) is 3.98. The van der Waals surface area contributed by atoms with Gasteiger partial charge in [-0.2, -0.15) is 5.10 Å². The number of carboxylic acid groups (broad SMARTS) is 1. The zero-order valence-corrected chi connectivity index (χ0v) is 7.97. The lowest BCUT2D eigenvalue weighted by atomic mass is 10.3. The van der Waals surface area contributed by atoms with Gasteiger partial charge in [0.25, 0.3) is 0 Å². The van der Waals surface area contributed by atoms with E-state index in [4.69, 9.17) is 5.11 Å². The molecule has 1 rings (SSSR count). The Morgan fingerprint density at radius 3 is 3.00 bits per heavy atom. The van der Waals surface area contributed by atoms with Gasteiger partial charge in [0.05, 0.1) is 5.69 Å². The average molecular weight is 197 g/mol. The van der Waals surface area contributed by atoms with Crippen LogP contribution in [0.25, 0.3) is 0 Å². The second-order valence-electron chi connectivity index (χ2n) is 2.68. The van der Waals surface area contributed by atoms with E-state index < -0.39 is 12.6 Å². The van der Waals surface area contributed by atoms with Crippen molar-refractivity contribution in [1.29, 1.82) is 0 Å². The lowest BCUT2D eigenvalue weighted by molar-refractivity contribution is -0.142. The Kier molecular flexibility index (Phi) is 3.22. The van der Waals surface area contributed by atoms with Gasteiger partial charge in [-0.1, -0.05) is 5.16 Å². The van der Waals surface area contributed by atoms with E-state index >= 15 is 0 Å². The van der Waals surface area contributed by atoms with Crippen LogP contribution in [-0.2, 0) is 16.7 Å². The zero-order valence-electron chi connectivity index (χ0n) is 7.97. The van der Waals surface area contributed by atoms with Gasteiger partial charge in [0.2, 0.25) is 6.61 Å². The third-order valence-corrected chi connectivity index (χ3v) is 1.58. The summed E-state index contributed by atoms with van der Waals surface area (Å²) in [4.78, 5) is 14.7. The zero-order chi connectivity index (χ0) is 10.6. The van der Waals surface area contributed by atoms with Crippen LogP contribution in [0.1, 0.15) is 12.6 Å². The van der Waals surface area contributed by atoms with Gasteiger partial charge in [0.1, 0.15) is 5.71 Å². The van der Waals surface area contributed by atoms with Gasteiger partial charge in [-0.05, 0) is 13.0 Å². The van der Waals surface area contributed by atoms with Gasteiger partial charge in [0.15, 0.2) is 0 Å². The fraction of sp³-hybridized carbons (Fsp3) is 0.375. The smallest absolute Gasteiger partial charge is 0.344 e. The summed E-state index contributed by atoms with van der Waals surface area (Å²) in [6, 6.07) is 1.77. The van der Waals surface area contributed by atoms with Crippen molar-refractivity contribution in [2.75, 3.05) is 6.61 Å². The predicted octanol–water partition coefficient (Wildman–Crippen LogP) is 0.245. The second-order valence-corrected chi connectivity index (χ2v) is 2.68. The standard InChI is InChI=1S/C8H11N3O3/c1-6(10-14-5-8(12)13)7-3-4-9-11(7)2/h3-4H,5H2,1-2H3,(H,12,13). The monoisotopic (exact) mass is 197 g/mol. The molecule has 1 aromatic rings. The molecule has 0 fully saturated rings. The number of rotatable bonds is 4. The van der Waals surface area contributed by atoms with Crippen molar-refractivity contribution < 1.29 is 14.7 Å². The fourth-order valence-electron chi connectivity index (χ4n) is 0.960. The van der Waals surface area contributed by atoms with Gasteiger partial charge >= 0.3 is 5.97 Å². The van der Waals surface area contributed by atoms with Crippen molar-refractivity contribution in [2.24, 2.45) is 12.2 Å². The first-order valence-corrected chi connectivity index (χ1v) is 3.98. The Morgan fingerprint density at radius 2 is 2.50 bits per heavy atom. The molecule has 14 heavy (non-hydrogen) atoms. The summed E-state index contributed by atoms with van der Waals surface area (Å²) >= 11 is 0. The molecule has 0 aromatic carbocycles. The number of aliphatic carboxylic acids is 1. The Hall–Kier alpha value is -1.85. The summed E-state index contributed by atoms with van der Waals surface area (Å²) in [6.45, 7) is 1.29. The molecule has 0 amide bonds. The molecule has 0 saturated carbocycles. The lowest BCUT2D eigenvalue weighted by Gasteiger charge is -2.00. The molecular weight excluding hydrogens is 186 g/mol. The van der Waals surface area contributed by atoms with E-state index in [9.17, 15) is 4.79 Å². The molecule has 6 heteroatoms. The van der Waals surface area contributed by atoms with Gasteiger partial charge in [-0.3, -0.25) is 4.68 Å². The molecule has 1 aromatic heterocycles. The van der Waals surface area contributed by atoms with E-state index in [2.05, 4.69) is 15.1 Å². The first-order chi connectivity index (χ1) is 6.61. The number of aromatic nitrogens is 2. The molecule has 1 N–H and O–H groups in total. The topological polar surface area (TPSA) is 76.7 Å². The second kappa shape index (κ2) is 4.40. The van der Waals surface area contributed by atoms with Crippen molar-refractivity contribution in [1.82, 2.24) is 9.78 Å². The van der Waals surface area contributed by atoms with Gasteiger partial charge in [-0.25, -0.2) is 4.79 Å². The summed E-state index contributed by atoms with van der Waals surface area (Å²) in [7, 11) is 1.77. The maximum atomic E-state index is 10.1. The van der Waals surface area contributed by atoms with E-state index in [1.54, 1.807) is 30.9 Å². The van der Waals surface area contributed by atoms with Crippen LogP contribution in [0.2, 0.25) is 0 Å². The van der Waals surface area contributed by atoms with Crippen molar-refractivity contribution in [3.05, 3.63) is 18.0 Å². The molecular formula is C8H11N3O3. The van der Waals surface area contributed by atoms with E-state index in [-0.39, 0.29) is 0 Å². The highest BCUT2D eigenvalue weighted by molar-refractivity contribution is 5.96. The Labute approximate surface area is 80.8 Å². The Balaban J connectivity index is 2.61. The predicted molar refractivity (Wildman–Crippen MR) is 49.0 cm³/mol. The molecule has 76 valence electrons. The molecule has 6 nitrogen and oxygen atoms in total. The lowest BCUT2D eigenvalue weighted by Crippen LogP contribution is -2.08. The molecule has 0 radical (unpaired) electrons. The van der Waals surface area contributed by atoms with Crippen LogP contribution < -0.4 is 0 Å². The minimum atomic E-state index is -1.05. The summed E-state index contributed by atoms with van der Waals surface area (Å²) < 4.78 is 1.63. The third-order valence-electron chi connectivity index (χ3n) is 1.58. The number of aryl methyl sites for hydroxylation is 1. The highest BCUT2D eigenvalue weighted by Crippen LogP contribution is 1.99. The number of oxime groups is 1. The van der Waals surface area contributed by atoms with E-state index in [0.717, 1.165) is 5.69 Å². The maximum Gasteiger partial charge on any atom is 0.344 e. The number of carboxylic acids is 1. The summed E-state index contributed by atoms with van der Waals surface area (Å²) in [6.07, 6.45) is 1.63. The van der Waals surface area contributed by atoms with Gasteiger partial charge in [0, 0.05) is 13.2 Å².